The molecular weight excluding hydrogens is 312 g/mol. The van der Waals surface area contributed by atoms with Crippen LogP contribution in [0.3, 0.4) is 0 Å². The Labute approximate surface area is 139 Å². The third-order valence-electron chi connectivity index (χ3n) is 3.53. The number of fused-ring (bicyclic) bond motifs is 1. The van der Waals surface area contributed by atoms with Gasteiger partial charge in [-0.1, -0.05) is 17.7 Å². The highest BCUT2D eigenvalue weighted by Crippen LogP contribution is 2.29. The predicted molar refractivity (Wildman–Crippen MR) is 91.4 cm³/mol. The van der Waals surface area contributed by atoms with Crippen LogP contribution in [0.1, 0.15) is 15.9 Å². The molecule has 0 fully saturated rings. The van der Waals surface area contributed by atoms with Gasteiger partial charge in [-0.25, -0.2) is 0 Å². The highest BCUT2D eigenvalue weighted by Gasteiger charge is 2.10. The highest BCUT2D eigenvalue weighted by molar-refractivity contribution is 6.30. The van der Waals surface area contributed by atoms with Crippen LogP contribution in [-0.4, -0.2) is 19.5 Å². The molecule has 1 heterocycles. The van der Waals surface area contributed by atoms with Crippen molar-refractivity contribution in [3.05, 3.63) is 76.3 Å². The van der Waals surface area contributed by atoms with Crippen molar-refractivity contribution in [2.75, 3.05) is 13.7 Å². The first-order valence-electron chi connectivity index (χ1n) is 7.15. The lowest BCUT2D eigenvalue weighted by Crippen LogP contribution is -2.06. The molecule has 0 saturated heterocycles. The second kappa shape index (κ2) is 6.71. The number of benzene rings is 2. The maximum absolute atomic E-state index is 12.2. The van der Waals surface area contributed by atoms with Crippen LogP contribution in [0.5, 0.6) is 11.5 Å². The molecule has 0 bridgehead atoms. The lowest BCUT2D eigenvalue weighted by atomic mass is 10.1. The smallest absolute Gasteiger partial charge is 0.185 e. The summed E-state index contributed by atoms with van der Waals surface area (Å²) in [5.74, 6) is 1.46. The van der Waals surface area contributed by atoms with Gasteiger partial charge in [0, 0.05) is 16.1 Å². The first-order valence-corrected chi connectivity index (χ1v) is 7.53. The largest absolute Gasteiger partial charge is 0.497 e. The Morgan fingerprint density at radius 3 is 2.74 bits per heavy atom. The van der Waals surface area contributed by atoms with Crippen molar-refractivity contribution >= 4 is 23.5 Å². The molecule has 0 amide bonds. The van der Waals surface area contributed by atoms with Crippen LogP contribution in [0.2, 0.25) is 5.02 Å². The molecule has 3 nitrogen and oxygen atoms in total. The molecule has 0 spiro atoms. The Bertz CT molecular complexity index is 789. The van der Waals surface area contributed by atoms with Crippen LogP contribution in [0.4, 0.5) is 0 Å². The number of carbonyl (C=O) groups excluding carboxylic acids is 1. The number of methoxy groups -OCH3 is 1. The average molecular weight is 327 g/mol. The third-order valence-corrected chi connectivity index (χ3v) is 3.77. The van der Waals surface area contributed by atoms with E-state index >= 15 is 0 Å². The van der Waals surface area contributed by atoms with Crippen molar-refractivity contribution in [2.24, 2.45) is 0 Å². The van der Waals surface area contributed by atoms with Crippen LogP contribution < -0.4 is 9.47 Å². The van der Waals surface area contributed by atoms with Gasteiger partial charge in [0.1, 0.15) is 18.1 Å². The first-order chi connectivity index (χ1) is 11.2. The molecule has 3 rings (SSSR count). The summed E-state index contributed by atoms with van der Waals surface area (Å²) in [7, 11) is 1.59. The van der Waals surface area contributed by atoms with E-state index in [1.54, 1.807) is 49.6 Å². The zero-order valence-electron chi connectivity index (χ0n) is 12.6. The molecule has 0 aromatic heterocycles. The van der Waals surface area contributed by atoms with E-state index in [1.165, 1.54) is 0 Å². The van der Waals surface area contributed by atoms with Crippen molar-refractivity contribution < 1.29 is 14.3 Å². The summed E-state index contributed by atoms with van der Waals surface area (Å²) in [6.45, 7) is 0.432. The molecule has 0 radical (unpaired) electrons. The lowest BCUT2D eigenvalue weighted by Gasteiger charge is -2.16. The molecule has 2 aromatic carbocycles. The Morgan fingerprint density at radius 2 is 2.00 bits per heavy atom. The third kappa shape index (κ3) is 3.63. The van der Waals surface area contributed by atoms with Crippen molar-refractivity contribution in [1.82, 2.24) is 0 Å². The van der Waals surface area contributed by atoms with Crippen molar-refractivity contribution in [3.63, 3.8) is 0 Å². The summed E-state index contributed by atoms with van der Waals surface area (Å²) in [6.07, 6.45) is 5.30. The van der Waals surface area contributed by atoms with Crippen LogP contribution in [0, 0.1) is 0 Å². The summed E-state index contributed by atoms with van der Waals surface area (Å²) in [5, 5.41) is 0.656. The van der Waals surface area contributed by atoms with Crippen LogP contribution >= 0.6 is 11.6 Å². The van der Waals surface area contributed by atoms with Gasteiger partial charge in [-0.3, -0.25) is 4.79 Å². The van der Waals surface area contributed by atoms with Crippen LogP contribution in [0.15, 0.2) is 60.2 Å². The molecule has 0 aliphatic carbocycles. The van der Waals surface area contributed by atoms with Gasteiger partial charge >= 0.3 is 0 Å². The second-order valence-electron chi connectivity index (χ2n) is 5.12. The minimum Gasteiger partial charge on any atom is -0.497 e. The minimum absolute atomic E-state index is 0.0644. The van der Waals surface area contributed by atoms with E-state index in [0.717, 1.165) is 22.6 Å². The van der Waals surface area contributed by atoms with E-state index in [4.69, 9.17) is 21.1 Å². The van der Waals surface area contributed by atoms with Crippen molar-refractivity contribution in [3.8, 4) is 11.5 Å². The molecule has 4 heteroatoms. The Hall–Kier alpha value is -2.52. The number of rotatable bonds is 4. The van der Waals surface area contributed by atoms with Crippen LogP contribution in [-0.2, 0) is 0 Å². The topological polar surface area (TPSA) is 35.5 Å². The summed E-state index contributed by atoms with van der Waals surface area (Å²) in [6, 6.07) is 12.5. The Kier molecular flexibility index (Phi) is 4.49. The number of halogens is 1. The summed E-state index contributed by atoms with van der Waals surface area (Å²) in [5.41, 5.74) is 2.45. The van der Waals surface area contributed by atoms with Gasteiger partial charge in [0.15, 0.2) is 5.78 Å². The molecule has 116 valence electrons. The highest BCUT2D eigenvalue weighted by atomic mass is 35.5. The van der Waals surface area contributed by atoms with Crippen LogP contribution in [0.25, 0.3) is 6.08 Å². The van der Waals surface area contributed by atoms with Gasteiger partial charge in [-0.05, 0) is 60.2 Å². The van der Waals surface area contributed by atoms with Gasteiger partial charge in [0.2, 0.25) is 0 Å². The van der Waals surface area contributed by atoms with Crippen molar-refractivity contribution in [2.45, 2.75) is 0 Å². The molecule has 23 heavy (non-hydrogen) atoms. The Morgan fingerprint density at radius 1 is 1.22 bits per heavy atom. The minimum atomic E-state index is -0.0644. The van der Waals surface area contributed by atoms with E-state index in [2.05, 4.69) is 0 Å². The fourth-order valence-electron chi connectivity index (χ4n) is 2.30. The maximum atomic E-state index is 12.2. The number of carbonyl (C=O) groups is 1. The molecule has 0 unspecified atom stereocenters. The predicted octanol–water partition coefficient (Wildman–Crippen LogP) is 4.56. The molecule has 0 saturated carbocycles. The number of ether oxygens (including phenoxy) is 2. The fraction of sp³-hybridized carbons (Fsp3) is 0.105. The number of ketones is 1. The summed E-state index contributed by atoms with van der Waals surface area (Å²) < 4.78 is 10.7. The van der Waals surface area contributed by atoms with Gasteiger partial charge in [0.05, 0.1) is 7.11 Å². The molecule has 1 aliphatic rings. The van der Waals surface area contributed by atoms with E-state index in [-0.39, 0.29) is 5.78 Å². The van der Waals surface area contributed by atoms with E-state index in [0.29, 0.717) is 17.2 Å². The lowest BCUT2D eigenvalue weighted by molar-refractivity contribution is 0.104. The second-order valence-corrected chi connectivity index (χ2v) is 5.55. The van der Waals surface area contributed by atoms with E-state index < -0.39 is 0 Å². The number of hydrogen-bond acceptors (Lipinski definition) is 3. The molecule has 0 N–H and O–H groups in total. The SMILES string of the molecule is COc1ccc(C(=O)C=CC2=Cc3cc(Cl)ccc3OC2)cc1. The van der Waals surface area contributed by atoms with E-state index in [9.17, 15) is 4.79 Å². The zero-order chi connectivity index (χ0) is 16.2. The fourth-order valence-corrected chi connectivity index (χ4v) is 2.48. The Balaban J connectivity index is 1.75. The average Bonchev–Trinajstić information content (AvgIpc) is 2.59. The van der Waals surface area contributed by atoms with Gasteiger partial charge in [-0.2, -0.15) is 0 Å². The monoisotopic (exact) mass is 326 g/mol. The summed E-state index contributed by atoms with van der Waals surface area (Å²) >= 11 is 5.99. The maximum Gasteiger partial charge on any atom is 0.185 e. The molecule has 1 aliphatic heterocycles. The normalized spacial score (nSPS) is 13.2. The first kappa shape index (κ1) is 15.4. The van der Waals surface area contributed by atoms with Gasteiger partial charge in [0.25, 0.3) is 0 Å². The summed E-state index contributed by atoms with van der Waals surface area (Å²) in [4.78, 5) is 12.2. The van der Waals surface area contributed by atoms with Crippen molar-refractivity contribution in [1.29, 1.82) is 0 Å². The van der Waals surface area contributed by atoms with Gasteiger partial charge in [-0.15, -0.1) is 0 Å². The molecule has 0 atom stereocenters. The molecular formula is C19H15ClO3. The molecule has 2 aromatic rings. The standard InChI is InChI=1S/C19H15ClO3/c1-22-17-6-3-14(4-7-17)18(21)8-2-13-10-15-11-16(20)5-9-19(15)23-12-13/h2-11H,12H2,1H3. The quantitative estimate of drug-likeness (QED) is 0.610. The number of hydrogen-bond donors (Lipinski definition) is 0. The van der Waals surface area contributed by atoms with E-state index in [1.807, 2.05) is 18.2 Å². The van der Waals surface area contributed by atoms with Gasteiger partial charge < -0.3 is 9.47 Å². The zero-order valence-corrected chi connectivity index (χ0v) is 13.3. The number of allylic oxidation sites excluding steroid dienone is 1.